The van der Waals surface area contributed by atoms with Crippen molar-refractivity contribution in [3.8, 4) is 17.0 Å². The molecular formula is C28H34N4O5S. The average Bonchev–Trinajstić information content (AvgIpc) is 3.22. The summed E-state index contributed by atoms with van der Waals surface area (Å²) in [6, 6.07) is 15.9. The average molecular weight is 539 g/mol. The fourth-order valence-corrected chi connectivity index (χ4v) is 6.07. The molecule has 0 bridgehead atoms. The summed E-state index contributed by atoms with van der Waals surface area (Å²) in [5, 5.41) is 14.7. The van der Waals surface area contributed by atoms with Crippen molar-refractivity contribution in [3.05, 3.63) is 76.2 Å². The molecule has 10 heteroatoms. The standard InChI is InChI=1S/C28H34N4O5S/c1-4-10-24-23-18-25(29-28(34)27(23)31(3)30-24)22-17-21(13-14-26(22)37-5-2)38(35,36)32(15-9-16-33)19-20-11-7-6-8-12-20/h6-8,11-14,17-18,33H,4-5,9-10,15-16,19H2,1-3H3,(H,29,34). The Kier molecular flexibility index (Phi) is 8.65. The fraction of sp³-hybridized carbons (Fsp3) is 0.357. The first kappa shape index (κ1) is 27.6. The van der Waals surface area contributed by atoms with Crippen LogP contribution in [0.4, 0.5) is 0 Å². The number of aromatic amines is 1. The zero-order chi connectivity index (χ0) is 27.3. The van der Waals surface area contributed by atoms with E-state index in [1.165, 1.54) is 10.4 Å². The molecule has 0 spiro atoms. The SMILES string of the molecule is CCCc1nn(C)c2c(=O)[nH]c(-c3cc(S(=O)(=O)N(CCCO)Cc4ccccc4)ccc3OCC)cc12. The van der Waals surface area contributed by atoms with Crippen molar-refractivity contribution in [1.82, 2.24) is 19.1 Å². The summed E-state index contributed by atoms with van der Waals surface area (Å²) in [6.07, 6.45) is 1.89. The molecule has 2 heterocycles. The van der Waals surface area contributed by atoms with Crippen molar-refractivity contribution < 1.29 is 18.3 Å². The predicted molar refractivity (Wildman–Crippen MR) is 148 cm³/mol. The van der Waals surface area contributed by atoms with Crippen LogP contribution in [-0.2, 0) is 30.0 Å². The third kappa shape index (κ3) is 5.67. The Morgan fingerprint density at radius 1 is 1.11 bits per heavy atom. The molecule has 4 aromatic rings. The number of fused-ring (bicyclic) bond motifs is 1. The van der Waals surface area contributed by atoms with E-state index >= 15 is 0 Å². The lowest BCUT2D eigenvalue weighted by atomic mass is 10.1. The minimum atomic E-state index is -3.94. The molecule has 0 saturated heterocycles. The van der Waals surface area contributed by atoms with Gasteiger partial charge in [0.15, 0.2) is 0 Å². The molecule has 0 aliphatic rings. The number of aliphatic hydroxyl groups excluding tert-OH is 1. The van der Waals surface area contributed by atoms with Gasteiger partial charge in [-0.15, -0.1) is 0 Å². The number of benzene rings is 2. The summed E-state index contributed by atoms with van der Waals surface area (Å²) in [5.41, 5.74) is 2.75. The molecule has 0 aliphatic heterocycles. The zero-order valence-electron chi connectivity index (χ0n) is 22.0. The number of nitrogens with one attached hydrogen (secondary N) is 1. The summed E-state index contributed by atoms with van der Waals surface area (Å²) >= 11 is 0. The molecule has 0 fully saturated rings. The smallest absolute Gasteiger partial charge is 0.274 e. The third-order valence-corrected chi connectivity index (χ3v) is 8.19. The van der Waals surface area contributed by atoms with Gasteiger partial charge in [0.05, 0.1) is 22.9 Å². The Labute approximate surface area is 222 Å². The molecule has 0 radical (unpaired) electrons. The Balaban J connectivity index is 1.84. The summed E-state index contributed by atoms with van der Waals surface area (Å²) in [7, 11) is -2.20. The second-order valence-corrected chi connectivity index (χ2v) is 11.0. The molecule has 0 unspecified atom stereocenters. The monoisotopic (exact) mass is 538 g/mol. The van der Waals surface area contributed by atoms with E-state index in [1.807, 2.05) is 50.2 Å². The van der Waals surface area contributed by atoms with Crippen LogP contribution < -0.4 is 10.3 Å². The molecule has 0 amide bonds. The normalized spacial score (nSPS) is 11.9. The van der Waals surface area contributed by atoms with E-state index in [-0.39, 0.29) is 30.2 Å². The van der Waals surface area contributed by atoms with E-state index in [4.69, 9.17) is 4.74 Å². The number of aryl methyl sites for hydroxylation is 2. The minimum absolute atomic E-state index is 0.0748. The van der Waals surface area contributed by atoms with Gasteiger partial charge in [-0.3, -0.25) is 9.48 Å². The van der Waals surface area contributed by atoms with E-state index in [9.17, 15) is 18.3 Å². The van der Waals surface area contributed by atoms with Crippen molar-refractivity contribution in [2.45, 2.75) is 44.6 Å². The summed E-state index contributed by atoms with van der Waals surface area (Å²) in [6.45, 7) is 4.48. The largest absolute Gasteiger partial charge is 0.493 e. The lowest BCUT2D eigenvalue weighted by Crippen LogP contribution is -2.32. The minimum Gasteiger partial charge on any atom is -0.493 e. The molecular weight excluding hydrogens is 504 g/mol. The van der Waals surface area contributed by atoms with Gasteiger partial charge >= 0.3 is 0 Å². The van der Waals surface area contributed by atoms with E-state index in [1.54, 1.807) is 23.9 Å². The number of nitrogens with zero attached hydrogens (tertiary/aromatic N) is 3. The molecule has 2 aromatic carbocycles. The highest BCUT2D eigenvalue weighted by atomic mass is 32.2. The highest BCUT2D eigenvalue weighted by Gasteiger charge is 2.26. The molecule has 9 nitrogen and oxygen atoms in total. The van der Waals surface area contributed by atoms with Gasteiger partial charge in [0.2, 0.25) is 10.0 Å². The number of hydrogen-bond acceptors (Lipinski definition) is 6. The molecule has 2 aromatic heterocycles. The van der Waals surface area contributed by atoms with Gasteiger partial charge in [0.1, 0.15) is 11.3 Å². The Hall–Kier alpha value is -3.47. The van der Waals surface area contributed by atoms with Crippen LogP contribution >= 0.6 is 0 Å². The highest BCUT2D eigenvalue weighted by Crippen LogP contribution is 2.34. The predicted octanol–water partition coefficient (Wildman–Crippen LogP) is 3.85. The number of aliphatic hydroxyl groups is 1. The molecule has 4 rings (SSSR count). The first-order valence-corrected chi connectivity index (χ1v) is 14.2. The Morgan fingerprint density at radius 3 is 2.55 bits per heavy atom. The van der Waals surface area contributed by atoms with Crippen molar-refractivity contribution in [3.63, 3.8) is 0 Å². The van der Waals surface area contributed by atoms with Crippen LogP contribution in [0, 0.1) is 0 Å². The summed E-state index contributed by atoms with van der Waals surface area (Å²) in [4.78, 5) is 16.1. The molecule has 0 saturated carbocycles. The van der Waals surface area contributed by atoms with E-state index < -0.39 is 10.0 Å². The number of sulfonamides is 1. The van der Waals surface area contributed by atoms with Crippen LogP contribution in [0.1, 0.15) is 37.9 Å². The lowest BCUT2D eigenvalue weighted by Gasteiger charge is -2.23. The zero-order valence-corrected chi connectivity index (χ0v) is 22.8. The van der Waals surface area contributed by atoms with Crippen LogP contribution in [0.15, 0.2) is 64.3 Å². The molecule has 38 heavy (non-hydrogen) atoms. The number of aromatic nitrogens is 3. The van der Waals surface area contributed by atoms with Gasteiger partial charge in [-0.1, -0.05) is 43.7 Å². The number of pyridine rings is 1. The second-order valence-electron chi connectivity index (χ2n) is 9.09. The maximum Gasteiger partial charge on any atom is 0.274 e. The first-order chi connectivity index (χ1) is 18.3. The maximum atomic E-state index is 13.8. The Morgan fingerprint density at radius 2 is 1.87 bits per heavy atom. The third-order valence-electron chi connectivity index (χ3n) is 6.35. The molecule has 0 aliphatic carbocycles. The van der Waals surface area contributed by atoms with Gasteiger partial charge in [-0.2, -0.15) is 9.40 Å². The van der Waals surface area contributed by atoms with E-state index in [2.05, 4.69) is 10.1 Å². The summed E-state index contributed by atoms with van der Waals surface area (Å²) in [5.74, 6) is 0.465. The fourth-order valence-electron chi connectivity index (χ4n) is 4.57. The van der Waals surface area contributed by atoms with Gasteiger partial charge in [0.25, 0.3) is 5.56 Å². The second kappa shape index (κ2) is 11.9. The van der Waals surface area contributed by atoms with E-state index in [0.717, 1.165) is 23.1 Å². The summed E-state index contributed by atoms with van der Waals surface area (Å²) < 4.78 is 36.4. The first-order valence-electron chi connectivity index (χ1n) is 12.8. The Bertz CT molecular complexity index is 1560. The van der Waals surface area contributed by atoms with Crippen molar-refractivity contribution >= 4 is 20.9 Å². The maximum absolute atomic E-state index is 13.8. The molecule has 2 N–H and O–H groups in total. The van der Waals surface area contributed by atoms with Crippen molar-refractivity contribution in [2.24, 2.45) is 7.05 Å². The number of H-pyrrole nitrogens is 1. The van der Waals surface area contributed by atoms with Gasteiger partial charge in [0, 0.05) is 37.7 Å². The van der Waals surface area contributed by atoms with Crippen LogP contribution in [0.2, 0.25) is 0 Å². The number of hydrogen-bond donors (Lipinski definition) is 2. The van der Waals surface area contributed by atoms with Crippen LogP contribution in [-0.4, -0.2) is 52.4 Å². The quantitative estimate of drug-likeness (QED) is 0.283. The molecule has 0 atom stereocenters. The highest BCUT2D eigenvalue weighted by molar-refractivity contribution is 7.89. The lowest BCUT2D eigenvalue weighted by molar-refractivity contribution is 0.267. The van der Waals surface area contributed by atoms with Crippen LogP contribution in [0.3, 0.4) is 0 Å². The van der Waals surface area contributed by atoms with Gasteiger partial charge < -0.3 is 14.8 Å². The number of ether oxygens (including phenoxy) is 1. The molecule has 202 valence electrons. The topological polar surface area (TPSA) is 118 Å². The van der Waals surface area contributed by atoms with Crippen LogP contribution in [0.5, 0.6) is 5.75 Å². The van der Waals surface area contributed by atoms with Crippen molar-refractivity contribution in [1.29, 1.82) is 0 Å². The van der Waals surface area contributed by atoms with Crippen molar-refractivity contribution in [2.75, 3.05) is 19.8 Å². The van der Waals surface area contributed by atoms with Crippen LogP contribution in [0.25, 0.3) is 22.2 Å². The van der Waals surface area contributed by atoms with Gasteiger partial charge in [-0.05, 0) is 49.6 Å². The number of rotatable bonds is 12. The van der Waals surface area contributed by atoms with E-state index in [0.29, 0.717) is 42.0 Å². The van der Waals surface area contributed by atoms with Gasteiger partial charge in [-0.25, -0.2) is 8.42 Å².